The second-order valence-corrected chi connectivity index (χ2v) is 4.53. The predicted molar refractivity (Wildman–Crippen MR) is 56.2 cm³/mol. The van der Waals surface area contributed by atoms with Gasteiger partial charge in [0.2, 0.25) is 6.86 Å². The summed E-state index contributed by atoms with van der Waals surface area (Å²) in [5, 5.41) is 0. The van der Waals surface area contributed by atoms with Gasteiger partial charge in [-0.15, -0.1) is 0 Å². The van der Waals surface area contributed by atoms with Crippen LogP contribution in [0.15, 0.2) is 0 Å². The van der Waals surface area contributed by atoms with E-state index in [0.717, 1.165) is 6.04 Å². The number of methoxy groups -OCH3 is 1. The summed E-state index contributed by atoms with van der Waals surface area (Å²) >= 11 is 0. The van der Waals surface area contributed by atoms with Crippen molar-refractivity contribution in [1.82, 2.24) is 0 Å². The fraction of sp³-hybridized carbons (Fsp3) is 1.00. The van der Waals surface area contributed by atoms with E-state index in [0.29, 0.717) is 7.11 Å². The Bertz CT molecular complexity index is 166. The van der Waals surface area contributed by atoms with Crippen molar-refractivity contribution in [2.24, 2.45) is 0 Å². The van der Waals surface area contributed by atoms with Crippen molar-refractivity contribution < 1.29 is 44.9 Å². The Morgan fingerprint density at radius 1 is 1.05 bits per heavy atom. The van der Waals surface area contributed by atoms with E-state index in [2.05, 4.69) is 16.2 Å². The zero-order valence-electron chi connectivity index (χ0n) is 10.4. The highest BCUT2D eigenvalue weighted by Crippen LogP contribution is 2.34. The average molecular weight is 324 g/mol. The fourth-order valence-electron chi connectivity index (χ4n) is 0.361. The van der Waals surface area contributed by atoms with Crippen LogP contribution in [0, 0.1) is 0 Å². The molecule has 0 aliphatic carbocycles. The molecular formula is C8H16F8O2Si. The highest BCUT2D eigenvalue weighted by molar-refractivity contribution is 6.33. The Hall–Kier alpha value is -0.423. The first-order valence-corrected chi connectivity index (χ1v) is 7.34. The van der Waals surface area contributed by atoms with Crippen molar-refractivity contribution >= 4 is 9.52 Å². The number of halogens is 8. The molecule has 0 heterocycles. The molecule has 0 N–H and O–H groups in total. The highest BCUT2D eigenvalue weighted by Gasteiger charge is 2.57. The quantitative estimate of drug-likeness (QED) is 0.552. The van der Waals surface area contributed by atoms with Gasteiger partial charge in [0.25, 0.3) is 0 Å². The van der Waals surface area contributed by atoms with Crippen LogP contribution in [-0.4, -0.2) is 48.9 Å². The molecule has 0 aliphatic heterocycles. The first-order valence-electron chi connectivity index (χ1n) is 4.92. The van der Waals surface area contributed by atoms with Crippen molar-refractivity contribution in [3.8, 4) is 0 Å². The third-order valence-electron chi connectivity index (χ3n) is 1.38. The van der Waals surface area contributed by atoms with E-state index in [1.807, 2.05) is 0 Å². The van der Waals surface area contributed by atoms with Gasteiger partial charge in [-0.25, -0.2) is 8.78 Å². The third kappa shape index (κ3) is 13.8. The minimum Gasteiger partial charge on any atom is -0.319 e. The van der Waals surface area contributed by atoms with Crippen LogP contribution in [0.3, 0.4) is 0 Å². The van der Waals surface area contributed by atoms with E-state index in [1.165, 1.54) is 0 Å². The summed E-state index contributed by atoms with van der Waals surface area (Å²) in [5.74, 6) is -4.73. The van der Waals surface area contributed by atoms with E-state index >= 15 is 0 Å². The number of hydrogen-bond donors (Lipinski definition) is 0. The Kier molecular flexibility index (Phi) is 17.4. The van der Waals surface area contributed by atoms with E-state index in [1.54, 1.807) is 0 Å². The first-order chi connectivity index (χ1) is 8.70. The molecule has 0 saturated carbocycles. The van der Waals surface area contributed by atoms with Gasteiger partial charge in [0.05, 0.1) is 6.67 Å². The van der Waals surface area contributed by atoms with Crippen LogP contribution < -0.4 is 0 Å². The lowest BCUT2D eigenvalue weighted by atomic mass is 10.3. The molecule has 0 unspecified atom stereocenters. The lowest BCUT2D eigenvalue weighted by molar-refractivity contribution is -0.340. The van der Waals surface area contributed by atoms with Crippen molar-refractivity contribution in [2.45, 2.75) is 24.6 Å². The van der Waals surface area contributed by atoms with Gasteiger partial charge in [0.1, 0.15) is 0 Å². The second kappa shape index (κ2) is 14.0. The summed E-state index contributed by atoms with van der Waals surface area (Å²) in [4.78, 5) is 2.38. The van der Waals surface area contributed by atoms with Gasteiger partial charge in [-0.3, -0.25) is 4.39 Å². The summed E-state index contributed by atoms with van der Waals surface area (Å²) in [6, 6.07) is 0.861. The van der Waals surface area contributed by atoms with Crippen LogP contribution in [0.25, 0.3) is 0 Å². The van der Waals surface area contributed by atoms with Gasteiger partial charge in [-0.1, -0.05) is 6.55 Å². The maximum absolute atomic E-state index is 11.7. The molecule has 0 fully saturated rings. The van der Waals surface area contributed by atoms with Crippen LogP contribution in [0.5, 0.6) is 0 Å². The summed E-state index contributed by atoms with van der Waals surface area (Å²) in [6.07, 6.45) is -4.72. The third-order valence-corrected chi connectivity index (χ3v) is 2.35. The minimum atomic E-state index is -4.73. The molecule has 0 aliphatic rings. The summed E-state index contributed by atoms with van der Waals surface area (Å²) < 4.78 is 92.0. The van der Waals surface area contributed by atoms with Crippen molar-refractivity contribution in [1.29, 1.82) is 0 Å². The molecule has 0 rings (SSSR count). The highest BCUT2D eigenvalue weighted by atomic mass is 28.2. The molecule has 19 heavy (non-hydrogen) atoms. The molecule has 0 saturated heterocycles. The molecule has 0 spiro atoms. The van der Waals surface area contributed by atoms with Crippen molar-refractivity contribution in [3.63, 3.8) is 0 Å². The number of rotatable bonds is 6. The Labute approximate surface area is 107 Å². The van der Waals surface area contributed by atoms with Gasteiger partial charge in [-0.2, -0.15) is 22.5 Å². The van der Waals surface area contributed by atoms with Crippen LogP contribution in [-0.2, 0) is 9.68 Å². The summed E-state index contributed by atoms with van der Waals surface area (Å²) in [5.41, 5.74) is 0. The lowest BCUT2D eigenvalue weighted by Gasteiger charge is -2.21. The topological polar surface area (TPSA) is 18.5 Å². The van der Waals surface area contributed by atoms with Gasteiger partial charge < -0.3 is 4.74 Å². The zero-order chi connectivity index (χ0) is 15.9. The fourth-order valence-corrected chi connectivity index (χ4v) is 0.628. The molecule has 11 heteroatoms. The number of ether oxygens (including phenoxy) is 1. The molecule has 0 amide bonds. The average Bonchev–Trinajstić information content (AvgIpc) is 2.40. The lowest BCUT2D eigenvalue weighted by Crippen LogP contribution is -2.43. The number of alkyl halides is 7. The molecule has 120 valence electrons. The second-order valence-electron chi connectivity index (χ2n) is 2.82. The van der Waals surface area contributed by atoms with Crippen LogP contribution in [0.2, 0.25) is 12.6 Å². The minimum absolute atomic E-state index is 0.0390. The van der Waals surface area contributed by atoms with E-state index in [-0.39, 0.29) is 16.2 Å². The molecule has 0 atom stereocenters. The Morgan fingerprint density at radius 3 is 1.53 bits per heavy atom. The summed E-state index contributed by atoms with van der Waals surface area (Å²) in [6.45, 7) is -1.77. The van der Waals surface area contributed by atoms with Gasteiger partial charge in [0, 0.05) is 16.6 Å². The molecule has 0 bridgehead atoms. The number of hydrogen-bond acceptors (Lipinski definition) is 2. The van der Waals surface area contributed by atoms with Crippen LogP contribution >= 0.6 is 0 Å². The first kappa shape index (κ1) is 23.7. The van der Waals surface area contributed by atoms with Gasteiger partial charge >= 0.3 is 12.0 Å². The van der Waals surface area contributed by atoms with Crippen LogP contribution in [0.1, 0.15) is 0 Å². The zero-order valence-corrected chi connectivity index (χ0v) is 11.8. The van der Waals surface area contributed by atoms with Gasteiger partial charge in [0.15, 0.2) is 6.67 Å². The molecule has 0 aromatic heterocycles. The Balaban J connectivity index is -0.000000238. The maximum atomic E-state index is 11.7. The molecule has 0 aromatic rings. The summed E-state index contributed by atoms with van der Waals surface area (Å²) in [7, 11) is 0.418. The SMILES string of the molecule is COC(F)(F)C(F)(F)CF.C[SiH2]CCF.FCOF. The van der Waals surface area contributed by atoms with Crippen molar-refractivity contribution in [3.05, 3.63) is 0 Å². The van der Waals surface area contributed by atoms with E-state index in [4.69, 9.17) is 0 Å². The van der Waals surface area contributed by atoms with E-state index in [9.17, 15) is 35.3 Å². The van der Waals surface area contributed by atoms with Crippen molar-refractivity contribution in [2.75, 3.05) is 27.3 Å². The molecule has 0 radical (unpaired) electrons. The molecule has 2 nitrogen and oxygen atoms in total. The van der Waals surface area contributed by atoms with Crippen LogP contribution in [0.4, 0.5) is 35.3 Å². The largest absolute Gasteiger partial charge is 0.421 e. The van der Waals surface area contributed by atoms with Gasteiger partial charge in [-0.05, 0) is 10.6 Å². The Morgan fingerprint density at radius 2 is 1.47 bits per heavy atom. The standard InChI is InChI=1S/C4H5F5O.C3H9FSi.CH2F2O/c1-10-4(8,9)3(6,7)2-5;1-5-3-2-4;2-1-4-3/h2H2,1H3;2-3,5H2,1H3;1H2. The maximum Gasteiger partial charge on any atom is 0.421 e. The van der Waals surface area contributed by atoms with E-state index < -0.39 is 25.6 Å². The smallest absolute Gasteiger partial charge is 0.319 e. The predicted octanol–water partition coefficient (Wildman–Crippen LogP) is 3.24. The normalized spacial score (nSPS) is 11.7. The molecular weight excluding hydrogens is 308 g/mol. The monoisotopic (exact) mass is 324 g/mol. The molecule has 0 aromatic carbocycles.